The fourth-order valence-corrected chi connectivity index (χ4v) is 3.22. The Hall–Kier alpha value is -0.900. The van der Waals surface area contributed by atoms with Gasteiger partial charge < -0.3 is 10.5 Å². The maximum Gasteiger partial charge on any atom is 0.0674 e. The van der Waals surface area contributed by atoms with Crippen molar-refractivity contribution >= 4 is 0 Å². The van der Waals surface area contributed by atoms with Gasteiger partial charge in [-0.2, -0.15) is 0 Å². The van der Waals surface area contributed by atoms with Gasteiger partial charge in [0.05, 0.1) is 12.7 Å². The van der Waals surface area contributed by atoms with Crippen molar-refractivity contribution in [1.29, 1.82) is 0 Å². The third kappa shape index (κ3) is 3.40. The molecule has 1 saturated heterocycles. The van der Waals surface area contributed by atoms with Crippen LogP contribution in [0.1, 0.15) is 45.2 Å². The highest BCUT2D eigenvalue weighted by atomic mass is 16.5. The lowest BCUT2D eigenvalue weighted by Crippen LogP contribution is -2.55. The second-order valence-corrected chi connectivity index (χ2v) is 5.81. The maximum absolute atomic E-state index is 6.56. The first-order valence-electron chi connectivity index (χ1n) is 7.85. The lowest BCUT2D eigenvalue weighted by atomic mass is 9.94. The molecule has 1 aliphatic rings. The van der Waals surface area contributed by atoms with Crippen molar-refractivity contribution in [3.8, 4) is 0 Å². The zero-order chi connectivity index (χ0) is 14.5. The van der Waals surface area contributed by atoms with Crippen LogP contribution in [0.4, 0.5) is 0 Å². The molecule has 3 nitrogen and oxygen atoms in total. The number of morpholine rings is 1. The second-order valence-electron chi connectivity index (χ2n) is 5.81. The predicted octanol–water partition coefficient (Wildman–Crippen LogP) is 2.96. The molecule has 3 heteroatoms. The van der Waals surface area contributed by atoms with Gasteiger partial charge in [0.15, 0.2) is 0 Å². The summed E-state index contributed by atoms with van der Waals surface area (Å²) in [6.45, 7) is 8.44. The van der Waals surface area contributed by atoms with E-state index in [1.807, 2.05) is 6.07 Å². The van der Waals surface area contributed by atoms with Crippen LogP contribution in [-0.2, 0) is 4.74 Å². The zero-order valence-corrected chi connectivity index (χ0v) is 13.0. The van der Waals surface area contributed by atoms with E-state index in [4.69, 9.17) is 10.5 Å². The van der Waals surface area contributed by atoms with E-state index in [1.54, 1.807) is 0 Å². The Morgan fingerprint density at radius 2 is 2.00 bits per heavy atom. The van der Waals surface area contributed by atoms with Crippen LogP contribution in [-0.4, -0.2) is 36.2 Å². The highest BCUT2D eigenvalue weighted by molar-refractivity contribution is 5.20. The second kappa shape index (κ2) is 7.21. The zero-order valence-electron chi connectivity index (χ0n) is 13.0. The van der Waals surface area contributed by atoms with Gasteiger partial charge in [-0.05, 0) is 25.3 Å². The standard InChI is InChI=1S/C17H28N2O/c1-4-15-12-20-13(3)11-19(15)16(5-2)17(18)14-9-7-6-8-10-14/h6-10,13,15-17H,4-5,11-12,18H2,1-3H3. The predicted molar refractivity (Wildman–Crippen MR) is 83.6 cm³/mol. The Balaban J connectivity index is 2.17. The Morgan fingerprint density at radius 3 is 2.60 bits per heavy atom. The Kier molecular flexibility index (Phi) is 5.58. The number of rotatable bonds is 5. The van der Waals surface area contributed by atoms with Crippen molar-refractivity contribution in [1.82, 2.24) is 4.90 Å². The molecule has 0 aliphatic carbocycles. The van der Waals surface area contributed by atoms with Crippen molar-refractivity contribution in [3.05, 3.63) is 35.9 Å². The van der Waals surface area contributed by atoms with E-state index in [9.17, 15) is 0 Å². The van der Waals surface area contributed by atoms with Crippen LogP contribution in [0.5, 0.6) is 0 Å². The topological polar surface area (TPSA) is 38.5 Å². The van der Waals surface area contributed by atoms with Crippen LogP contribution in [0.15, 0.2) is 30.3 Å². The minimum atomic E-state index is 0.0700. The van der Waals surface area contributed by atoms with Crippen molar-refractivity contribution in [3.63, 3.8) is 0 Å². The fourth-order valence-electron chi connectivity index (χ4n) is 3.22. The van der Waals surface area contributed by atoms with E-state index in [0.717, 1.165) is 26.0 Å². The molecule has 112 valence electrons. The molecule has 1 aromatic carbocycles. The molecule has 1 fully saturated rings. The Labute approximate surface area is 123 Å². The molecule has 1 aliphatic heterocycles. The summed E-state index contributed by atoms with van der Waals surface area (Å²) >= 11 is 0. The summed E-state index contributed by atoms with van der Waals surface area (Å²) in [4.78, 5) is 2.58. The van der Waals surface area contributed by atoms with E-state index in [1.165, 1.54) is 5.56 Å². The molecule has 0 aromatic heterocycles. The molecule has 20 heavy (non-hydrogen) atoms. The van der Waals surface area contributed by atoms with Gasteiger partial charge in [-0.15, -0.1) is 0 Å². The molecule has 0 radical (unpaired) electrons. The first kappa shape index (κ1) is 15.5. The molecule has 0 spiro atoms. The Morgan fingerprint density at radius 1 is 1.30 bits per heavy atom. The molecule has 2 rings (SSSR count). The van der Waals surface area contributed by atoms with Crippen molar-refractivity contribution in [2.45, 2.75) is 57.8 Å². The lowest BCUT2D eigenvalue weighted by molar-refractivity contribution is -0.0768. The van der Waals surface area contributed by atoms with Crippen LogP contribution < -0.4 is 5.73 Å². The highest BCUT2D eigenvalue weighted by Gasteiger charge is 2.33. The first-order valence-corrected chi connectivity index (χ1v) is 7.85. The summed E-state index contributed by atoms with van der Waals surface area (Å²) in [5.41, 5.74) is 7.79. The first-order chi connectivity index (χ1) is 9.67. The van der Waals surface area contributed by atoms with E-state index in [2.05, 4.69) is 49.9 Å². The average molecular weight is 276 g/mol. The molecule has 4 atom stereocenters. The Bertz CT molecular complexity index is 395. The molecule has 1 aromatic rings. The van der Waals surface area contributed by atoms with Crippen LogP contribution in [0, 0.1) is 0 Å². The smallest absolute Gasteiger partial charge is 0.0674 e. The molecule has 4 unspecified atom stereocenters. The summed E-state index contributed by atoms with van der Waals surface area (Å²) in [6.07, 6.45) is 2.49. The third-order valence-electron chi connectivity index (χ3n) is 4.42. The van der Waals surface area contributed by atoms with Gasteiger partial charge in [0.1, 0.15) is 0 Å². The van der Waals surface area contributed by atoms with E-state index >= 15 is 0 Å². The summed E-state index contributed by atoms with van der Waals surface area (Å²) in [5.74, 6) is 0. The SMILES string of the molecule is CCC1COC(C)CN1C(CC)C(N)c1ccccc1. The third-order valence-corrected chi connectivity index (χ3v) is 4.42. The van der Waals surface area contributed by atoms with Crippen molar-refractivity contribution < 1.29 is 4.74 Å². The number of hydrogen-bond acceptors (Lipinski definition) is 3. The van der Waals surface area contributed by atoms with Gasteiger partial charge in [-0.1, -0.05) is 44.2 Å². The summed E-state index contributed by atoms with van der Waals surface area (Å²) < 4.78 is 5.81. The van der Waals surface area contributed by atoms with E-state index in [0.29, 0.717) is 18.2 Å². The highest BCUT2D eigenvalue weighted by Crippen LogP contribution is 2.26. The van der Waals surface area contributed by atoms with Gasteiger partial charge in [0.2, 0.25) is 0 Å². The minimum Gasteiger partial charge on any atom is -0.376 e. The fraction of sp³-hybridized carbons (Fsp3) is 0.647. The molecule has 2 N–H and O–H groups in total. The van der Waals surface area contributed by atoms with Crippen LogP contribution in [0.2, 0.25) is 0 Å². The largest absolute Gasteiger partial charge is 0.376 e. The molecule has 0 amide bonds. The quantitative estimate of drug-likeness (QED) is 0.898. The lowest BCUT2D eigenvalue weighted by Gasteiger charge is -2.45. The number of ether oxygens (including phenoxy) is 1. The maximum atomic E-state index is 6.56. The number of nitrogens with zero attached hydrogens (tertiary/aromatic N) is 1. The number of hydrogen-bond donors (Lipinski definition) is 1. The van der Waals surface area contributed by atoms with Crippen LogP contribution in [0.3, 0.4) is 0 Å². The molecular formula is C17H28N2O. The minimum absolute atomic E-state index is 0.0700. The summed E-state index contributed by atoms with van der Waals surface area (Å²) in [5, 5.41) is 0. The van der Waals surface area contributed by atoms with Gasteiger partial charge in [-0.3, -0.25) is 4.90 Å². The van der Waals surface area contributed by atoms with Crippen LogP contribution >= 0.6 is 0 Å². The summed E-state index contributed by atoms with van der Waals surface area (Å²) in [7, 11) is 0. The van der Waals surface area contributed by atoms with Crippen molar-refractivity contribution in [2.24, 2.45) is 5.73 Å². The van der Waals surface area contributed by atoms with Gasteiger partial charge in [-0.25, -0.2) is 0 Å². The molecule has 0 saturated carbocycles. The van der Waals surface area contributed by atoms with Gasteiger partial charge in [0.25, 0.3) is 0 Å². The normalized spacial score (nSPS) is 27.2. The number of nitrogens with two attached hydrogens (primary N) is 1. The summed E-state index contributed by atoms with van der Waals surface area (Å²) in [6, 6.07) is 11.4. The molecule has 1 heterocycles. The average Bonchev–Trinajstić information content (AvgIpc) is 2.49. The molecular weight excluding hydrogens is 248 g/mol. The van der Waals surface area contributed by atoms with Crippen molar-refractivity contribution in [2.75, 3.05) is 13.2 Å². The van der Waals surface area contributed by atoms with Gasteiger partial charge >= 0.3 is 0 Å². The monoisotopic (exact) mass is 276 g/mol. The van der Waals surface area contributed by atoms with E-state index < -0.39 is 0 Å². The van der Waals surface area contributed by atoms with Gasteiger partial charge in [0, 0.05) is 24.7 Å². The van der Waals surface area contributed by atoms with E-state index in [-0.39, 0.29) is 6.04 Å². The molecule has 0 bridgehead atoms. The number of benzene rings is 1. The van der Waals surface area contributed by atoms with Crippen LogP contribution in [0.25, 0.3) is 0 Å².